The maximum absolute atomic E-state index is 9.38. The molecule has 0 aromatic carbocycles. The number of rotatable bonds is 2. The van der Waals surface area contributed by atoms with Gasteiger partial charge in [-0.1, -0.05) is 0 Å². The van der Waals surface area contributed by atoms with Crippen LogP contribution in [0.4, 0.5) is 0 Å². The van der Waals surface area contributed by atoms with Crippen molar-refractivity contribution in [2.45, 2.75) is 0 Å². The van der Waals surface area contributed by atoms with E-state index in [0.717, 1.165) is 0 Å². The van der Waals surface area contributed by atoms with Crippen molar-refractivity contribution in [1.29, 1.82) is 0 Å². The zero-order valence-electron chi connectivity index (χ0n) is 7.14. The van der Waals surface area contributed by atoms with E-state index < -0.39 is 27.2 Å². The normalized spacial score (nSPS) is 8.71. The Bertz CT molecular complexity index is 253. The van der Waals surface area contributed by atoms with Crippen LogP contribution in [-0.2, 0) is 64.8 Å². The standard InChI is InChI=1S/2ClH.2Cr.2Na.7O.Zn/h2*1H;;;;;;;;;;;;/q;;;;2*+1;;;;;;2*-1;+2/p-2. The van der Waals surface area contributed by atoms with Crippen molar-refractivity contribution in [3.8, 4) is 0 Å². The van der Waals surface area contributed by atoms with E-state index in [1.165, 1.54) is 0 Å². The molecule has 0 aliphatic heterocycles. The molecule has 0 heterocycles. The predicted molar refractivity (Wildman–Crippen MR) is 3.83 cm³/mol. The van der Waals surface area contributed by atoms with Gasteiger partial charge in [0.2, 0.25) is 0 Å². The first-order valence-electron chi connectivity index (χ1n) is 1.33. The van der Waals surface area contributed by atoms with Crippen LogP contribution in [0.15, 0.2) is 0 Å². The fraction of sp³-hybridized carbons (Fsp3) is 0. The molecule has 0 N–H and O–H groups in total. The van der Waals surface area contributed by atoms with Gasteiger partial charge in [-0.05, 0) is 0 Å². The van der Waals surface area contributed by atoms with Crippen LogP contribution in [0.5, 0.6) is 0 Å². The second kappa shape index (κ2) is 14.4. The third-order valence-electron chi connectivity index (χ3n) is 0.167. The zero-order chi connectivity index (χ0) is 7.71. The SMILES string of the molecule is [Cl-].[Cl-].[Na+].[Na+].[O]=[Cr](=[O])([O-])[O][Cr](=[O])(=[O])[O-].[Zn+2]. The Labute approximate surface area is 154 Å². The number of hydrogen-bond acceptors (Lipinski definition) is 7. The van der Waals surface area contributed by atoms with Crippen LogP contribution in [0.2, 0.25) is 0 Å². The summed E-state index contributed by atoms with van der Waals surface area (Å²) in [4.78, 5) is 0. The van der Waals surface area contributed by atoms with Gasteiger partial charge < -0.3 is 24.8 Å². The molecule has 0 saturated carbocycles. The molecular weight excluding hydrogens is 398 g/mol. The van der Waals surface area contributed by atoms with Gasteiger partial charge in [-0.3, -0.25) is 0 Å². The molecule has 72 valence electrons. The number of halogens is 2. The van der Waals surface area contributed by atoms with Crippen LogP contribution >= 0.6 is 0 Å². The summed E-state index contributed by atoms with van der Waals surface area (Å²) in [5, 5.41) is 0. The Hall–Kier alpha value is 3.35. The molecule has 0 rings (SSSR count). The molecule has 0 bridgehead atoms. The Morgan fingerprint density at radius 3 is 0.929 bits per heavy atom. The zero-order valence-corrected chi connectivity index (χ0v) is 18.2. The van der Waals surface area contributed by atoms with Crippen molar-refractivity contribution >= 4 is 0 Å². The topological polar surface area (TPSA) is 124 Å². The minimum atomic E-state index is -6.07. The first kappa shape index (κ1) is 36.0. The Morgan fingerprint density at radius 2 is 0.929 bits per heavy atom. The van der Waals surface area contributed by atoms with Crippen LogP contribution in [0.1, 0.15) is 0 Å². The van der Waals surface area contributed by atoms with Gasteiger partial charge in [0.05, 0.1) is 0 Å². The van der Waals surface area contributed by atoms with Crippen molar-refractivity contribution in [3.05, 3.63) is 0 Å². The van der Waals surface area contributed by atoms with Crippen LogP contribution in [-0.4, -0.2) is 0 Å². The molecule has 0 radical (unpaired) electrons. The Morgan fingerprint density at radius 1 is 0.786 bits per heavy atom. The molecule has 0 saturated heterocycles. The molecule has 0 fully saturated rings. The van der Waals surface area contributed by atoms with Gasteiger partial charge in [0.15, 0.2) is 0 Å². The van der Waals surface area contributed by atoms with Crippen molar-refractivity contribution in [1.82, 2.24) is 0 Å². The Kier molecular flexibility index (Phi) is 37.1. The summed E-state index contributed by atoms with van der Waals surface area (Å²) in [5.41, 5.74) is 0. The van der Waals surface area contributed by atoms with Gasteiger partial charge in [-0.2, -0.15) is 0 Å². The van der Waals surface area contributed by atoms with E-state index in [2.05, 4.69) is 2.84 Å². The van der Waals surface area contributed by atoms with Gasteiger partial charge in [0, 0.05) is 0 Å². The van der Waals surface area contributed by atoms with E-state index in [0.29, 0.717) is 0 Å². The average Bonchev–Trinajstić information content (AvgIpc) is 1.14. The fourth-order valence-electron chi connectivity index (χ4n) is 0.102. The predicted octanol–water partition coefficient (Wildman–Crippen LogP) is -14.9. The summed E-state index contributed by atoms with van der Waals surface area (Å²) < 4.78 is 58.9. The minimum absolute atomic E-state index is 0. The molecule has 0 spiro atoms. The second-order valence-corrected chi connectivity index (χ2v) is 4.52. The van der Waals surface area contributed by atoms with E-state index in [4.69, 9.17) is 0 Å². The van der Waals surface area contributed by atoms with Gasteiger partial charge in [-0.25, -0.2) is 0 Å². The molecule has 0 atom stereocenters. The summed E-state index contributed by atoms with van der Waals surface area (Å²) in [6, 6.07) is 0. The smallest absolute Gasteiger partial charge is 2.00 e. The van der Waals surface area contributed by atoms with Crippen molar-refractivity contribution < 1.29 is 157 Å². The van der Waals surface area contributed by atoms with Gasteiger partial charge in [0.25, 0.3) is 0 Å². The van der Waals surface area contributed by atoms with Crippen molar-refractivity contribution in [2.24, 2.45) is 0 Å². The summed E-state index contributed by atoms with van der Waals surface area (Å²) in [5.74, 6) is 0. The summed E-state index contributed by atoms with van der Waals surface area (Å²) in [6.45, 7) is 0. The molecule has 0 amide bonds. The quantitative estimate of drug-likeness (QED) is 0.423. The van der Waals surface area contributed by atoms with Gasteiger partial charge >= 0.3 is 132 Å². The Balaban J connectivity index is -0.0000000320. The molecule has 0 aromatic rings. The summed E-state index contributed by atoms with van der Waals surface area (Å²) in [7, 11) is 0. The molecule has 0 unspecified atom stereocenters. The molecule has 0 aliphatic rings. The molecule has 0 aromatic heterocycles. The van der Waals surface area contributed by atoms with E-state index >= 15 is 0 Å². The largest absolute Gasteiger partial charge is 2.00 e. The van der Waals surface area contributed by atoms with Crippen LogP contribution in [0.25, 0.3) is 0 Å². The molecule has 7 nitrogen and oxygen atoms in total. The van der Waals surface area contributed by atoms with Gasteiger partial charge in [-0.15, -0.1) is 0 Å². The van der Waals surface area contributed by atoms with Crippen LogP contribution in [0.3, 0.4) is 0 Å². The van der Waals surface area contributed by atoms with E-state index in [9.17, 15) is 23.5 Å². The first-order valence-corrected chi connectivity index (χ1v) is 5.50. The second-order valence-electron chi connectivity index (χ2n) is 0.885. The molecular formula is Cl2Cr2Na2O7Zn. The number of hydrogen-bond donors (Lipinski definition) is 0. The summed E-state index contributed by atoms with van der Waals surface area (Å²) in [6.07, 6.45) is 0. The van der Waals surface area contributed by atoms with Crippen molar-refractivity contribution in [2.75, 3.05) is 0 Å². The molecule has 0 aliphatic carbocycles. The van der Waals surface area contributed by atoms with Crippen molar-refractivity contribution in [3.63, 3.8) is 0 Å². The van der Waals surface area contributed by atoms with E-state index in [1.807, 2.05) is 0 Å². The van der Waals surface area contributed by atoms with Gasteiger partial charge in [0.1, 0.15) is 0 Å². The van der Waals surface area contributed by atoms with Crippen LogP contribution < -0.4 is 92.2 Å². The monoisotopic (exact) mass is 396 g/mol. The maximum atomic E-state index is 9.38. The first-order chi connectivity index (χ1) is 3.71. The molecule has 14 heavy (non-hydrogen) atoms. The molecule has 14 heteroatoms. The minimum Gasteiger partial charge on any atom is 2.00 e. The third-order valence-corrected chi connectivity index (χ3v) is 2.83. The fourth-order valence-corrected chi connectivity index (χ4v) is 1.74. The van der Waals surface area contributed by atoms with E-state index in [-0.39, 0.29) is 103 Å². The maximum Gasteiger partial charge on any atom is 2.00 e. The van der Waals surface area contributed by atoms with E-state index in [1.54, 1.807) is 0 Å². The van der Waals surface area contributed by atoms with Crippen LogP contribution in [0, 0.1) is 0 Å². The average molecular weight is 398 g/mol. The third kappa shape index (κ3) is 36.2. The summed E-state index contributed by atoms with van der Waals surface area (Å²) >= 11 is -12.1.